The van der Waals surface area contributed by atoms with E-state index in [0.29, 0.717) is 18.9 Å². The number of amides is 1. The number of fused-ring (bicyclic) bond motifs is 1. The third-order valence-corrected chi connectivity index (χ3v) is 3.95. The Balaban J connectivity index is 1.46. The molecule has 2 aromatic carbocycles. The summed E-state index contributed by atoms with van der Waals surface area (Å²) < 4.78 is 21.3. The first kappa shape index (κ1) is 17.7. The van der Waals surface area contributed by atoms with E-state index in [1.165, 1.54) is 6.08 Å². The van der Waals surface area contributed by atoms with Gasteiger partial charge in [0.2, 0.25) is 12.7 Å². The molecule has 1 amide bonds. The van der Waals surface area contributed by atoms with E-state index < -0.39 is 0 Å². The van der Waals surface area contributed by atoms with Crippen LogP contribution < -0.4 is 18.9 Å². The topological polar surface area (TPSA) is 57.2 Å². The van der Waals surface area contributed by atoms with Gasteiger partial charge in [0.25, 0.3) is 0 Å². The van der Waals surface area contributed by atoms with E-state index in [0.717, 1.165) is 22.8 Å². The summed E-state index contributed by atoms with van der Waals surface area (Å²) in [5.74, 6) is 2.84. The summed E-state index contributed by atoms with van der Waals surface area (Å²) in [5.41, 5.74) is 0.880. The van der Waals surface area contributed by atoms with E-state index in [9.17, 15) is 4.79 Å². The average molecular weight is 355 g/mol. The van der Waals surface area contributed by atoms with Crippen LogP contribution in [0.2, 0.25) is 0 Å². The van der Waals surface area contributed by atoms with E-state index >= 15 is 0 Å². The highest BCUT2D eigenvalue weighted by Gasteiger charge is 2.12. The number of hydrogen-bond acceptors (Lipinski definition) is 5. The number of carbonyl (C=O) groups excluding carboxylic acids is 1. The quantitative estimate of drug-likeness (QED) is 0.715. The van der Waals surface area contributed by atoms with E-state index in [2.05, 4.69) is 0 Å². The van der Waals surface area contributed by atoms with Crippen LogP contribution in [0.1, 0.15) is 5.56 Å². The number of carbonyl (C=O) groups is 1. The summed E-state index contributed by atoms with van der Waals surface area (Å²) in [4.78, 5) is 13.8. The molecule has 1 aliphatic rings. The molecular weight excluding hydrogens is 334 g/mol. The molecule has 0 radical (unpaired) electrons. The molecule has 1 aliphatic heterocycles. The fraction of sp³-hybridized carbons (Fsp3) is 0.250. The van der Waals surface area contributed by atoms with E-state index in [1.54, 1.807) is 25.1 Å². The fourth-order valence-corrected chi connectivity index (χ4v) is 2.39. The van der Waals surface area contributed by atoms with Crippen molar-refractivity contribution in [2.45, 2.75) is 0 Å². The van der Waals surface area contributed by atoms with Crippen molar-refractivity contribution in [3.05, 3.63) is 54.1 Å². The molecule has 1 heterocycles. The Hall–Kier alpha value is -3.15. The van der Waals surface area contributed by atoms with Gasteiger partial charge in [0.15, 0.2) is 11.5 Å². The molecule has 0 saturated heterocycles. The molecule has 136 valence electrons. The van der Waals surface area contributed by atoms with Crippen LogP contribution in [0, 0.1) is 0 Å². The predicted molar refractivity (Wildman–Crippen MR) is 97.7 cm³/mol. The molecule has 6 nitrogen and oxygen atoms in total. The Morgan fingerprint density at radius 1 is 1.12 bits per heavy atom. The molecule has 2 aromatic rings. The molecule has 26 heavy (non-hydrogen) atoms. The Bertz CT molecular complexity index is 785. The van der Waals surface area contributed by atoms with Gasteiger partial charge in [-0.15, -0.1) is 0 Å². The summed E-state index contributed by atoms with van der Waals surface area (Å²) in [7, 11) is 3.36. The van der Waals surface area contributed by atoms with Gasteiger partial charge in [0.1, 0.15) is 18.1 Å². The zero-order chi connectivity index (χ0) is 18.4. The maximum atomic E-state index is 12.2. The van der Waals surface area contributed by atoms with Crippen molar-refractivity contribution in [1.82, 2.24) is 4.90 Å². The van der Waals surface area contributed by atoms with Crippen LogP contribution in [-0.4, -0.2) is 44.9 Å². The van der Waals surface area contributed by atoms with Gasteiger partial charge in [0.05, 0.1) is 13.7 Å². The zero-order valence-electron chi connectivity index (χ0n) is 14.8. The van der Waals surface area contributed by atoms with Crippen LogP contribution in [0.4, 0.5) is 0 Å². The maximum Gasteiger partial charge on any atom is 0.246 e. The lowest BCUT2D eigenvalue weighted by atomic mass is 10.2. The highest BCUT2D eigenvalue weighted by atomic mass is 16.7. The second-order valence-corrected chi connectivity index (χ2v) is 5.73. The number of rotatable bonds is 7. The zero-order valence-corrected chi connectivity index (χ0v) is 14.8. The molecule has 0 N–H and O–H groups in total. The largest absolute Gasteiger partial charge is 0.497 e. The van der Waals surface area contributed by atoms with Crippen LogP contribution in [0.5, 0.6) is 23.0 Å². The summed E-state index contributed by atoms with van der Waals surface area (Å²) in [5, 5.41) is 0. The van der Waals surface area contributed by atoms with Crippen LogP contribution in [0.15, 0.2) is 48.5 Å². The normalized spacial score (nSPS) is 12.2. The first-order valence-electron chi connectivity index (χ1n) is 8.25. The minimum atomic E-state index is -0.0963. The molecule has 0 aliphatic carbocycles. The maximum absolute atomic E-state index is 12.2. The molecule has 3 rings (SSSR count). The van der Waals surface area contributed by atoms with Gasteiger partial charge in [-0.25, -0.2) is 0 Å². The standard InChI is InChI=1S/C20H21NO5/c1-21(11-12-24-17-7-5-16(23-2)6-8-17)20(22)10-4-15-3-9-18-19(13-15)26-14-25-18/h3-10,13H,11-12,14H2,1-2H3. The number of hydrogen-bond donors (Lipinski definition) is 0. The smallest absolute Gasteiger partial charge is 0.246 e. The van der Waals surface area contributed by atoms with Gasteiger partial charge in [-0.2, -0.15) is 0 Å². The number of methoxy groups -OCH3 is 1. The van der Waals surface area contributed by atoms with E-state index in [-0.39, 0.29) is 12.7 Å². The Labute approximate surface area is 152 Å². The second kappa shape index (κ2) is 8.29. The van der Waals surface area contributed by atoms with Crippen molar-refractivity contribution >= 4 is 12.0 Å². The predicted octanol–water partition coefficient (Wildman–Crippen LogP) is 2.97. The lowest BCUT2D eigenvalue weighted by molar-refractivity contribution is -0.125. The number of benzene rings is 2. The van der Waals surface area contributed by atoms with Gasteiger partial charge in [-0.05, 0) is 48.0 Å². The van der Waals surface area contributed by atoms with Gasteiger partial charge in [0, 0.05) is 13.1 Å². The van der Waals surface area contributed by atoms with Crippen molar-refractivity contribution in [3.63, 3.8) is 0 Å². The van der Waals surface area contributed by atoms with Crippen LogP contribution >= 0.6 is 0 Å². The molecule has 0 saturated carbocycles. The molecule has 6 heteroatoms. The average Bonchev–Trinajstić information content (AvgIpc) is 3.14. The Kier molecular flexibility index (Phi) is 5.63. The molecule has 0 bridgehead atoms. The fourth-order valence-electron chi connectivity index (χ4n) is 2.39. The van der Waals surface area contributed by atoms with Crippen molar-refractivity contribution in [2.24, 2.45) is 0 Å². The van der Waals surface area contributed by atoms with Crippen molar-refractivity contribution in [2.75, 3.05) is 34.1 Å². The summed E-state index contributed by atoms with van der Waals surface area (Å²) in [6.07, 6.45) is 3.29. The SMILES string of the molecule is COc1ccc(OCCN(C)C(=O)C=Cc2ccc3c(c2)OCO3)cc1. The lowest BCUT2D eigenvalue weighted by Crippen LogP contribution is -2.29. The second-order valence-electron chi connectivity index (χ2n) is 5.73. The molecule has 0 unspecified atom stereocenters. The number of likely N-dealkylation sites (N-methyl/N-ethyl adjacent to an activating group) is 1. The monoisotopic (exact) mass is 355 g/mol. The van der Waals surface area contributed by atoms with Gasteiger partial charge < -0.3 is 23.8 Å². The van der Waals surface area contributed by atoms with Crippen LogP contribution in [0.3, 0.4) is 0 Å². The van der Waals surface area contributed by atoms with Crippen molar-refractivity contribution in [3.8, 4) is 23.0 Å². The summed E-state index contributed by atoms with van der Waals surface area (Å²) >= 11 is 0. The van der Waals surface area contributed by atoms with Crippen LogP contribution in [-0.2, 0) is 4.79 Å². The first-order chi connectivity index (χ1) is 12.7. The van der Waals surface area contributed by atoms with E-state index in [4.69, 9.17) is 18.9 Å². The highest BCUT2D eigenvalue weighted by Crippen LogP contribution is 2.32. The third kappa shape index (κ3) is 4.47. The molecule has 0 aromatic heterocycles. The summed E-state index contributed by atoms with van der Waals surface area (Å²) in [6.45, 7) is 1.13. The third-order valence-electron chi connectivity index (χ3n) is 3.95. The number of ether oxygens (including phenoxy) is 4. The molecule has 0 atom stereocenters. The van der Waals surface area contributed by atoms with Crippen molar-refractivity contribution in [1.29, 1.82) is 0 Å². The number of nitrogens with zero attached hydrogens (tertiary/aromatic N) is 1. The summed E-state index contributed by atoms with van der Waals surface area (Å²) in [6, 6.07) is 12.9. The van der Waals surface area contributed by atoms with Gasteiger partial charge >= 0.3 is 0 Å². The van der Waals surface area contributed by atoms with Crippen LogP contribution in [0.25, 0.3) is 6.08 Å². The van der Waals surface area contributed by atoms with Gasteiger partial charge in [-0.3, -0.25) is 4.79 Å². The van der Waals surface area contributed by atoms with Gasteiger partial charge in [-0.1, -0.05) is 6.07 Å². The Morgan fingerprint density at radius 3 is 2.62 bits per heavy atom. The van der Waals surface area contributed by atoms with Crippen molar-refractivity contribution < 1.29 is 23.7 Å². The molecule has 0 spiro atoms. The lowest BCUT2D eigenvalue weighted by Gasteiger charge is -2.15. The first-order valence-corrected chi connectivity index (χ1v) is 8.25. The minimum absolute atomic E-state index is 0.0963. The molecule has 0 fully saturated rings. The molecular formula is C20H21NO5. The highest BCUT2D eigenvalue weighted by molar-refractivity contribution is 5.91. The Morgan fingerprint density at radius 2 is 1.85 bits per heavy atom. The minimum Gasteiger partial charge on any atom is -0.497 e. The van der Waals surface area contributed by atoms with E-state index in [1.807, 2.05) is 42.5 Å².